The van der Waals surface area contributed by atoms with Gasteiger partial charge in [0.05, 0.1) is 36.6 Å². The van der Waals surface area contributed by atoms with E-state index < -0.39 is 174 Å². The third kappa shape index (κ3) is 19.8. The van der Waals surface area contributed by atoms with Gasteiger partial charge >= 0.3 is 10.4 Å². The van der Waals surface area contributed by atoms with Gasteiger partial charge in [-0.05, 0) is 44.0 Å². The molecule has 3 fully saturated rings. The number of aliphatic hydroxyl groups is 6. The van der Waals surface area contributed by atoms with Crippen molar-refractivity contribution in [2.24, 2.45) is 11.7 Å². The number of unbranched alkanes of at least 4 members (excludes halogenated alkanes) is 12. The quantitative estimate of drug-likeness (QED) is 0.0395. The van der Waals surface area contributed by atoms with Crippen LogP contribution in [0.4, 0.5) is 0 Å². The lowest BCUT2D eigenvalue weighted by atomic mass is 9.98. The minimum atomic E-state index is -5.19. The van der Waals surface area contributed by atoms with Crippen LogP contribution in [0.25, 0.3) is 0 Å². The van der Waals surface area contributed by atoms with Gasteiger partial charge in [0.25, 0.3) is 0 Å². The molecule has 0 aromatic heterocycles. The maximum atomic E-state index is 14.6. The van der Waals surface area contributed by atoms with Gasteiger partial charge in [-0.3, -0.25) is 38.1 Å². The Morgan fingerprint density at radius 1 is 0.756 bits per heavy atom. The van der Waals surface area contributed by atoms with E-state index in [1.165, 1.54) is 51.9 Å². The van der Waals surface area contributed by atoms with Gasteiger partial charge < -0.3 is 82.0 Å². The van der Waals surface area contributed by atoms with Gasteiger partial charge in [-0.2, -0.15) is 8.42 Å². The monoisotopic (exact) mass is 1130 g/mol. The number of carbonyl (C=O) groups excluding carboxylic acids is 7. The highest BCUT2D eigenvalue weighted by Crippen LogP contribution is 2.30. The van der Waals surface area contributed by atoms with Crippen LogP contribution in [-0.4, -0.2) is 199 Å². The van der Waals surface area contributed by atoms with Crippen LogP contribution < -0.4 is 36.5 Å². The van der Waals surface area contributed by atoms with Gasteiger partial charge in [0.15, 0.2) is 11.5 Å². The molecule has 7 amide bonds. The SMILES string of the molecule is CCCCCCCCCCCCCCCC(=O)N[C@H]1C[C@@H](O)CNC(=O)[C@@H]2[C@@H](O)[C@@H](C)CN2C(=O)[C@H]([C@H](O)CCN)NC(=O)[C@H]([C@H](O)Cc2ccc(O)c(OS(=O)(=O)O)c2)NC(=O)[C@@H]2C[C@@H](O)CN2C(=O)[C@H]([C@@H](C)O)NC1=O. The number of amides is 7. The zero-order valence-corrected chi connectivity index (χ0v) is 45.7. The number of aliphatic hydroxyl groups excluding tert-OH is 6. The standard InChI is InChI=1S/C51H84N8O18S/c1-4-5-6-7-8-9-10-11-12-13-14-15-16-17-40(66)54-34-24-32(61)26-53-49(71)44-45(67)29(2)27-59(44)51(73)43(37(64)20-21-52)57-48(70)42(38(65)22-31-18-19-36(63)39(23-31)77-78(74,75)76)56-47(69)35-25-33(62)28-58(35)50(72)41(30(3)60)55-46(34)68/h18-19,23,29-30,32-35,37-38,41-45,60-65,67H,4-17,20-22,24-28,52H2,1-3H3,(H,53,71)(H,54,66)(H,55,68)(H,56,69)(H,57,70)(H,74,75,76)/t29-,30+,32+,33+,34-,35-,37+,38+,41-,42-,43-,44-,45-/m0/s1. The summed E-state index contributed by atoms with van der Waals surface area (Å²) in [5.74, 6) is -9.85. The van der Waals surface area contributed by atoms with Crippen LogP contribution in [-0.2, 0) is 50.4 Å². The molecular formula is C51H84N8O18S. The molecule has 27 heteroatoms. The number of nitrogens with one attached hydrogen (secondary N) is 5. The van der Waals surface area contributed by atoms with Gasteiger partial charge in [-0.15, -0.1) is 0 Å². The van der Waals surface area contributed by atoms with Crippen molar-refractivity contribution < 1.29 is 86.5 Å². The molecule has 0 unspecified atom stereocenters. The van der Waals surface area contributed by atoms with Crippen molar-refractivity contribution >= 4 is 51.7 Å². The second kappa shape index (κ2) is 31.5. The van der Waals surface area contributed by atoms with Gasteiger partial charge in [0, 0.05) is 51.2 Å². The lowest BCUT2D eigenvalue weighted by molar-refractivity contribution is -0.147. The number of nitrogens with zero attached hydrogens (tertiary/aromatic N) is 2. The molecule has 1 aromatic carbocycles. The number of rotatable bonds is 24. The summed E-state index contributed by atoms with van der Waals surface area (Å²) in [5, 5.41) is 89.9. The van der Waals surface area contributed by atoms with E-state index in [-0.39, 0.29) is 31.5 Å². The van der Waals surface area contributed by atoms with Crippen molar-refractivity contribution in [3.63, 3.8) is 0 Å². The van der Waals surface area contributed by atoms with Crippen LogP contribution >= 0.6 is 0 Å². The third-order valence-corrected chi connectivity index (χ3v) is 14.8. The minimum absolute atomic E-state index is 0.0103. The predicted octanol–water partition coefficient (Wildman–Crippen LogP) is -1.96. The van der Waals surface area contributed by atoms with Crippen LogP contribution in [0.3, 0.4) is 0 Å². The van der Waals surface area contributed by atoms with E-state index in [0.717, 1.165) is 67.0 Å². The van der Waals surface area contributed by atoms with E-state index in [4.69, 9.17) is 5.73 Å². The molecule has 3 aliphatic rings. The summed E-state index contributed by atoms with van der Waals surface area (Å²) in [5.41, 5.74) is 5.66. The van der Waals surface area contributed by atoms with Crippen LogP contribution in [0, 0.1) is 5.92 Å². The molecule has 4 rings (SSSR count). The fourth-order valence-corrected chi connectivity index (χ4v) is 10.4. The summed E-state index contributed by atoms with van der Waals surface area (Å²) < 4.78 is 36.6. The highest BCUT2D eigenvalue weighted by Gasteiger charge is 2.49. The molecule has 1 aromatic rings. The second-order valence-electron chi connectivity index (χ2n) is 21.0. The molecule has 13 atom stereocenters. The first-order chi connectivity index (χ1) is 36.9. The molecule has 0 aliphatic carbocycles. The molecule has 3 saturated heterocycles. The molecule has 15 N–H and O–H groups in total. The van der Waals surface area contributed by atoms with E-state index in [2.05, 4.69) is 37.7 Å². The maximum absolute atomic E-state index is 14.6. The molecule has 442 valence electrons. The van der Waals surface area contributed by atoms with Crippen molar-refractivity contribution in [1.29, 1.82) is 0 Å². The fourth-order valence-electron chi connectivity index (χ4n) is 10.1. The van der Waals surface area contributed by atoms with Crippen molar-refractivity contribution in [3.8, 4) is 11.5 Å². The summed E-state index contributed by atoms with van der Waals surface area (Å²) in [7, 11) is -5.19. The first kappa shape index (κ1) is 65.3. The van der Waals surface area contributed by atoms with Gasteiger partial charge in [-0.1, -0.05) is 97.0 Å². The number of phenolic OH excluding ortho intramolecular Hbond substituents is 1. The van der Waals surface area contributed by atoms with Gasteiger partial charge in [0.1, 0.15) is 36.3 Å². The van der Waals surface area contributed by atoms with Crippen LogP contribution in [0.1, 0.15) is 135 Å². The van der Waals surface area contributed by atoms with E-state index in [0.29, 0.717) is 6.42 Å². The Balaban J connectivity index is 1.67. The van der Waals surface area contributed by atoms with Crippen LogP contribution in [0.2, 0.25) is 0 Å². The predicted molar refractivity (Wildman–Crippen MR) is 280 cm³/mol. The molecule has 0 radical (unpaired) electrons. The number of carbonyl (C=O) groups is 7. The maximum Gasteiger partial charge on any atom is 0.446 e. The smallest absolute Gasteiger partial charge is 0.446 e. The molecule has 78 heavy (non-hydrogen) atoms. The Hall–Kier alpha value is -5.26. The summed E-state index contributed by atoms with van der Waals surface area (Å²) in [4.78, 5) is 101. The van der Waals surface area contributed by atoms with E-state index in [1.807, 2.05) is 0 Å². The lowest BCUT2D eigenvalue weighted by Crippen LogP contribution is -2.64. The van der Waals surface area contributed by atoms with Crippen molar-refractivity contribution in [2.45, 2.75) is 209 Å². The zero-order valence-electron chi connectivity index (χ0n) is 44.8. The van der Waals surface area contributed by atoms with Crippen molar-refractivity contribution in [2.75, 3.05) is 26.2 Å². The van der Waals surface area contributed by atoms with Gasteiger partial charge in [-0.25, -0.2) is 0 Å². The normalized spacial score (nSPS) is 27.3. The Kier molecular flexibility index (Phi) is 26.4. The first-order valence-corrected chi connectivity index (χ1v) is 28.6. The highest BCUT2D eigenvalue weighted by molar-refractivity contribution is 7.81. The third-order valence-electron chi connectivity index (χ3n) is 14.4. The largest absolute Gasteiger partial charge is 0.504 e. The van der Waals surface area contributed by atoms with E-state index >= 15 is 0 Å². The molecule has 0 spiro atoms. The molecule has 0 saturated carbocycles. The van der Waals surface area contributed by atoms with E-state index in [1.54, 1.807) is 0 Å². The number of phenols is 1. The number of β-amino-alcohol motifs (C(OH)–C–C–N with tert-alkyl or cyclic N) is 1. The second-order valence-corrected chi connectivity index (χ2v) is 22.0. The average molecular weight is 1130 g/mol. The summed E-state index contributed by atoms with van der Waals surface area (Å²) in [6, 6.07) is -8.07. The summed E-state index contributed by atoms with van der Waals surface area (Å²) in [6.07, 6.45) is 1.63. The Bertz CT molecular complexity index is 2280. The van der Waals surface area contributed by atoms with Gasteiger partial charge in [0.2, 0.25) is 41.4 Å². The average Bonchev–Trinajstić information content (AvgIpc) is 3.92. The summed E-state index contributed by atoms with van der Waals surface area (Å²) >= 11 is 0. The molecule has 3 aliphatic heterocycles. The first-order valence-electron chi connectivity index (χ1n) is 27.2. The Morgan fingerprint density at radius 2 is 1.33 bits per heavy atom. The summed E-state index contributed by atoms with van der Waals surface area (Å²) in [6.45, 7) is 3.11. The number of nitrogens with two attached hydrogens (primary N) is 1. The van der Waals surface area contributed by atoms with Crippen molar-refractivity contribution in [3.05, 3.63) is 23.8 Å². The van der Waals surface area contributed by atoms with Crippen LogP contribution in [0.15, 0.2) is 18.2 Å². The Labute approximate surface area is 455 Å². The number of aromatic hydroxyl groups is 1. The van der Waals surface area contributed by atoms with Crippen molar-refractivity contribution in [1.82, 2.24) is 36.4 Å². The molecular weight excluding hydrogens is 1040 g/mol. The molecule has 3 heterocycles. The Morgan fingerprint density at radius 3 is 1.92 bits per heavy atom. The molecule has 26 nitrogen and oxygen atoms in total. The fraction of sp³-hybridized carbons (Fsp3) is 0.745. The van der Waals surface area contributed by atoms with Crippen LogP contribution in [0.5, 0.6) is 11.5 Å². The highest BCUT2D eigenvalue weighted by atomic mass is 32.3. The number of hydrogen-bond donors (Lipinski definition) is 14. The topological polar surface area (TPSA) is 417 Å². The molecule has 0 bridgehead atoms. The number of benzene rings is 1. The zero-order chi connectivity index (χ0) is 57.9. The number of fused-ring (bicyclic) bond motifs is 2. The minimum Gasteiger partial charge on any atom is -0.504 e. The van der Waals surface area contributed by atoms with E-state index in [9.17, 15) is 82.3 Å². The lowest BCUT2D eigenvalue weighted by Gasteiger charge is -2.34. The number of hydrogen-bond acceptors (Lipinski definition) is 18.